The molecule has 2 aromatic carbocycles. The summed E-state index contributed by atoms with van der Waals surface area (Å²) in [5.74, 6) is -1.25. The van der Waals surface area contributed by atoms with Crippen LogP contribution in [0.1, 0.15) is 31.8 Å². The van der Waals surface area contributed by atoms with E-state index >= 15 is 0 Å². The van der Waals surface area contributed by atoms with E-state index in [9.17, 15) is 19.8 Å². The number of aliphatic hydroxyl groups is 2. The van der Waals surface area contributed by atoms with Crippen molar-refractivity contribution >= 4 is 11.9 Å². The average Bonchev–Trinajstić information content (AvgIpc) is 2.95. The predicted molar refractivity (Wildman–Crippen MR) is 98.7 cm³/mol. The first-order chi connectivity index (χ1) is 13.3. The van der Waals surface area contributed by atoms with Crippen molar-refractivity contribution < 1.29 is 34.0 Å². The van der Waals surface area contributed by atoms with Crippen molar-refractivity contribution in [1.29, 1.82) is 0 Å². The van der Waals surface area contributed by atoms with E-state index in [0.717, 1.165) is 11.1 Å². The zero-order valence-electron chi connectivity index (χ0n) is 15.6. The summed E-state index contributed by atoms with van der Waals surface area (Å²) < 4.78 is 15.7. The second-order valence-electron chi connectivity index (χ2n) is 6.76. The van der Waals surface area contributed by atoms with Gasteiger partial charge in [0.15, 0.2) is 12.4 Å². The van der Waals surface area contributed by atoms with Crippen molar-refractivity contribution in [1.82, 2.24) is 0 Å². The van der Waals surface area contributed by atoms with Gasteiger partial charge < -0.3 is 24.4 Å². The lowest BCUT2D eigenvalue weighted by Gasteiger charge is -2.20. The molecule has 0 saturated carbocycles. The summed E-state index contributed by atoms with van der Waals surface area (Å²) in [6.07, 6.45) is -5.15. The van der Waals surface area contributed by atoms with Crippen molar-refractivity contribution in [3.63, 3.8) is 0 Å². The van der Waals surface area contributed by atoms with Gasteiger partial charge in [-0.15, -0.1) is 0 Å². The van der Waals surface area contributed by atoms with E-state index in [0.29, 0.717) is 11.1 Å². The number of hydrogen-bond donors (Lipinski definition) is 2. The lowest BCUT2D eigenvalue weighted by molar-refractivity contribution is -0.133. The first-order valence-electron chi connectivity index (χ1n) is 8.88. The molecule has 4 atom stereocenters. The Hall–Kier alpha value is -2.74. The number of aliphatic hydroxyl groups excluding tert-OH is 2. The molecule has 1 aliphatic heterocycles. The van der Waals surface area contributed by atoms with Crippen LogP contribution in [0.15, 0.2) is 48.5 Å². The Kier molecular flexibility index (Phi) is 6.08. The van der Waals surface area contributed by atoms with Crippen LogP contribution >= 0.6 is 0 Å². The van der Waals surface area contributed by atoms with Gasteiger partial charge in [0.1, 0.15) is 18.8 Å². The Bertz CT molecular complexity index is 829. The third kappa shape index (κ3) is 4.56. The molecule has 1 fully saturated rings. The van der Waals surface area contributed by atoms with Gasteiger partial charge >= 0.3 is 11.9 Å². The number of carbonyl (C=O) groups excluding carboxylic acids is 2. The summed E-state index contributed by atoms with van der Waals surface area (Å²) >= 11 is 0. The van der Waals surface area contributed by atoms with E-state index in [2.05, 4.69) is 0 Å². The van der Waals surface area contributed by atoms with Gasteiger partial charge in [-0.2, -0.15) is 0 Å². The standard InChI is InChI=1S/C21H22O7/c1-12-3-7-14(8-4-12)19(23)26-11-16-18(17(22)21(25)27-16)28-20(24)15-9-5-13(2)6-10-15/h3-10,16-18,21-22,25H,11H2,1-2H3/t16-,17-,18-,21+/m0/s1. The Balaban J connectivity index is 1.63. The topological polar surface area (TPSA) is 102 Å². The van der Waals surface area contributed by atoms with Crippen LogP contribution in [-0.2, 0) is 14.2 Å². The first-order valence-corrected chi connectivity index (χ1v) is 8.88. The van der Waals surface area contributed by atoms with Gasteiger partial charge in [-0.1, -0.05) is 35.4 Å². The van der Waals surface area contributed by atoms with Gasteiger partial charge in [0.25, 0.3) is 0 Å². The molecule has 2 N–H and O–H groups in total. The number of esters is 2. The highest BCUT2D eigenvalue weighted by atomic mass is 16.7. The number of ether oxygens (including phenoxy) is 3. The number of aryl methyl sites for hydroxylation is 2. The number of carbonyl (C=O) groups is 2. The molecular weight excluding hydrogens is 364 g/mol. The summed E-state index contributed by atoms with van der Waals surface area (Å²) in [5.41, 5.74) is 2.65. The van der Waals surface area contributed by atoms with Crippen molar-refractivity contribution in [2.45, 2.75) is 38.4 Å². The van der Waals surface area contributed by atoms with Crippen LogP contribution in [0.3, 0.4) is 0 Å². The van der Waals surface area contributed by atoms with Crippen molar-refractivity contribution in [3.8, 4) is 0 Å². The Labute approximate surface area is 162 Å². The van der Waals surface area contributed by atoms with Crippen LogP contribution in [0.2, 0.25) is 0 Å². The van der Waals surface area contributed by atoms with E-state index in [1.165, 1.54) is 0 Å². The minimum absolute atomic E-state index is 0.285. The van der Waals surface area contributed by atoms with Gasteiger partial charge in [0, 0.05) is 0 Å². The molecule has 7 nitrogen and oxygen atoms in total. The quantitative estimate of drug-likeness (QED) is 0.755. The van der Waals surface area contributed by atoms with Crippen molar-refractivity contribution in [2.24, 2.45) is 0 Å². The van der Waals surface area contributed by atoms with Gasteiger partial charge in [-0.05, 0) is 38.1 Å². The predicted octanol–water partition coefficient (Wildman–Crippen LogP) is 1.76. The fourth-order valence-electron chi connectivity index (χ4n) is 2.81. The molecule has 0 aliphatic carbocycles. The lowest BCUT2D eigenvalue weighted by atomic mass is 10.1. The van der Waals surface area contributed by atoms with E-state index in [-0.39, 0.29) is 6.61 Å². The molecule has 3 rings (SSSR count). The van der Waals surface area contributed by atoms with Crippen molar-refractivity contribution in [2.75, 3.05) is 6.61 Å². The summed E-state index contributed by atoms with van der Waals surface area (Å²) in [6, 6.07) is 13.5. The molecule has 0 bridgehead atoms. The minimum Gasteiger partial charge on any atom is -0.459 e. The number of hydrogen-bond acceptors (Lipinski definition) is 7. The average molecular weight is 386 g/mol. The third-order valence-electron chi connectivity index (χ3n) is 4.51. The zero-order chi connectivity index (χ0) is 20.3. The Morgan fingerprint density at radius 3 is 1.93 bits per heavy atom. The molecule has 1 aliphatic rings. The highest BCUT2D eigenvalue weighted by molar-refractivity contribution is 5.90. The van der Waals surface area contributed by atoms with Crippen LogP contribution in [0.25, 0.3) is 0 Å². The molecule has 0 amide bonds. The number of rotatable bonds is 5. The molecule has 2 aromatic rings. The molecule has 1 saturated heterocycles. The maximum absolute atomic E-state index is 12.3. The lowest BCUT2D eigenvalue weighted by Crippen LogP contribution is -2.39. The van der Waals surface area contributed by atoms with Crippen LogP contribution in [-0.4, -0.2) is 53.4 Å². The van der Waals surface area contributed by atoms with Gasteiger partial charge in [-0.3, -0.25) is 0 Å². The summed E-state index contributed by atoms with van der Waals surface area (Å²) in [6.45, 7) is 3.50. The molecule has 0 spiro atoms. The van der Waals surface area contributed by atoms with Crippen LogP contribution in [0.5, 0.6) is 0 Å². The molecular formula is C21H22O7. The Morgan fingerprint density at radius 1 is 0.893 bits per heavy atom. The Morgan fingerprint density at radius 2 is 1.39 bits per heavy atom. The van der Waals surface area contributed by atoms with Crippen LogP contribution < -0.4 is 0 Å². The number of benzene rings is 2. The first kappa shape index (κ1) is 20.0. The van der Waals surface area contributed by atoms with Crippen molar-refractivity contribution in [3.05, 3.63) is 70.8 Å². The minimum atomic E-state index is -1.54. The van der Waals surface area contributed by atoms with E-state index in [1.54, 1.807) is 48.5 Å². The molecule has 28 heavy (non-hydrogen) atoms. The maximum atomic E-state index is 12.3. The fourth-order valence-corrected chi connectivity index (χ4v) is 2.81. The van der Waals surface area contributed by atoms with Crippen LogP contribution in [0.4, 0.5) is 0 Å². The zero-order valence-corrected chi connectivity index (χ0v) is 15.6. The highest BCUT2D eigenvalue weighted by Crippen LogP contribution is 2.24. The summed E-state index contributed by atoms with van der Waals surface area (Å²) in [4.78, 5) is 24.5. The van der Waals surface area contributed by atoms with Gasteiger partial charge in [-0.25, -0.2) is 9.59 Å². The SMILES string of the molecule is Cc1ccc(C(=O)OC[C@@H]2O[C@@H](O)[C@@H](O)[C@H]2OC(=O)c2ccc(C)cc2)cc1. The molecule has 0 radical (unpaired) electrons. The molecule has 1 heterocycles. The highest BCUT2D eigenvalue weighted by Gasteiger charge is 2.46. The van der Waals surface area contributed by atoms with E-state index in [4.69, 9.17) is 14.2 Å². The molecule has 7 heteroatoms. The molecule has 0 unspecified atom stereocenters. The second-order valence-corrected chi connectivity index (χ2v) is 6.76. The molecule has 148 valence electrons. The summed E-state index contributed by atoms with van der Waals surface area (Å²) in [5, 5.41) is 19.9. The van der Waals surface area contributed by atoms with Gasteiger partial charge in [0.2, 0.25) is 0 Å². The largest absolute Gasteiger partial charge is 0.459 e. The maximum Gasteiger partial charge on any atom is 0.338 e. The second kappa shape index (κ2) is 8.52. The van der Waals surface area contributed by atoms with Crippen LogP contribution in [0, 0.1) is 13.8 Å². The monoisotopic (exact) mass is 386 g/mol. The third-order valence-corrected chi connectivity index (χ3v) is 4.51. The van der Waals surface area contributed by atoms with E-state index in [1.807, 2.05) is 13.8 Å². The van der Waals surface area contributed by atoms with Gasteiger partial charge in [0.05, 0.1) is 11.1 Å². The summed E-state index contributed by atoms with van der Waals surface area (Å²) in [7, 11) is 0. The molecule has 0 aromatic heterocycles. The smallest absolute Gasteiger partial charge is 0.338 e. The van der Waals surface area contributed by atoms with E-state index < -0.39 is 36.5 Å². The normalized spacial score (nSPS) is 24.0. The fraction of sp³-hybridized carbons (Fsp3) is 0.333.